The van der Waals surface area contributed by atoms with Crippen LogP contribution in [0.2, 0.25) is 0 Å². The number of hydrogen-bond acceptors (Lipinski definition) is 4. The van der Waals surface area contributed by atoms with Crippen LogP contribution in [-0.4, -0.2) is 31.8 Å². The molecule has 4 rings (SSSR count). The van der Waals surface area contributed by atoms with Gasteiger partial charge in [-0.3, -0.25) is 9.89 Å². The van der Waals surface area contributed by atoms with E-state index in [1.807, 2.05) is 38.5 Å². The first-order chi connectivity index (χ1) is 12.4. The molecule has 136 valence electrons. The standard InChI is InChI=1S/C19H23N5O2/c1-10-5-6-15-14(7-10)21-16(24(15)4)9-20-19(25)18-13-8-11(2)26-12(3)17(13)22-23-18/h5-7,11-12H,8-9H2,1-4H3,(H,20,25)(H,22,23)/t11-,12+/m1/s1. The first-order valence-electron chi connectivity index (χ1n) is 8.86. The fourth-order valence-electron chi connectivity index (χ4n) is 3.62. The lowest BCUT2D eigenvalue weighted by molar-refractivity contribution is -0.00697. The molecular weight excluding hydrogens is 330 g/mol. The Kier molecular flexibility index (Phi) is 4.03. The van der Waals surface area contributed by atoms with Crippen LogP contribution in [0.4, 0.5) is 0 Å². The molecule has 2 aromatic heterocycles. The van der Waals surface area contributed by atoms with Gasteiger partial charge in [-0.2, -0.15) is 5.10 Å². The van der Waals surface area contributed by atoms with Crippen molar-refractivity contribution in [3.63, 3.8) is 0 Å². The van der Waals surface area contributed by atoms with E-state index in [1.165, 1.54) is 5.56 Å². The molecule has 26 heavy (non-hydrogen) atoms. The molecule has 2 N–H and O–H groups in total. The molecule has 0 saturated carbocycles. The van der Waals surface area contributed by atoms with Crippen LogP contribution < -0.4 is 5.32 Å². The van der Waals surface area contributed by atoms with Crippen LogP contribution in [0.5, 0.6) is 0 Å². The quantitative estimate of drug-likeness (QED) is 0.758. The normalized spacial score (nSPS) is 19.5. The first-order valence-corrected chi connectivity index (χ1v) is 8.86. The number of fused-ring (bicyclic) bond motifs is 2. The van der Waals surface area contributed by atoms with Crippen LogP contribution in [0.1, 0.15) is 53.1 Å². The van der Waals surface area contributed by atoms with Gasteiger partial charge in [-0.25, -0.2) is 4.98 Å². The summed E-state index contributed by atoms with van der Waals surface area (Å²) >= 11 is 0. The molecule has 0 fully saturated rings. The van der Waals surface area contributed by atoms with Crippen LogP contribution in [-0.2, 0) is 24.8 Å². The van der Waals surface area contributed by atoms with E-state index in [2.05, 4.69) is 32.6 Å². The average molecular weight is 353 g/mol. The summed E-state index contributed by atoms with van der Waals surface area (Å²) in [6, 6.07) is 6.16. The topological polar surface area (TPSA) is 84.8 Å². The summed E-state index contributed by atoms with van der Waals surface area (Å²) in [5.41, 5.74) is 5.46. The molecule has 1 aliphatic rings. The Morgan fingerprint density at radius 2 is 2.23 bits per heavy atom. The molecule has 0 aliphatic carbocycles. The lowest BCUT2D eigenvalue weighted by Crippen LogP contribution is -2.28. The van der Waals surface area contributed by atoms with E-state index in [0.717, 1.165) is 28.1 Å². The number of H-pyrrole nitrogens is 1. The Hall–Kier alpha value is -2.67. The van der Waals surface area contributed by atoms with Crippen molar-refractivity contribution in [3.05, 3.63) is 46.5 Å². The maximum absolute atomic E-state index is 12.7. The lowest BCUT2D eigenvalue weighted by atomic mass is 9.99. The third kappa shape index (κ3) is 2.78. The molecule has 7 heteroatoms. The fourth-order valence-corrected chi connectivity index (χ4v) is 3.62. The summed E-state index contributed by atoms with van der Waals surface area (Å²) in [6.07, 6.45) is 0.681. The van der Waals surface area contributed by atoms with Crippen LogP contribution in [0, 0.1) is 6.92 Å². The number of imidazole rings is 1. The molecule has 7 nitrogen and oxygen atoms in total. The van der Waals surface area contributed by atoms with Crippen LogP contribution >= 0.6 is 0 Å². The number of aryl methyl sites for hydroxylation is 2. The Morgan fingerprint density at radius 3 is 3.04 bits per heavy atom. The third-order valence-corrected chi connectivity index (χ3v) is 4.98. The highest BCUT2D eigenvalue weighted by atomic mass is 16.5. The number of aromatic nitrogens is 4. The van der Waals surface area contributed by atoms with Crippen molar-refractivity contribution in [1.29, 1.82) is 0 Å². The Balaban J connectivity index is 1.54. The highest BCUT2D eigenvalue weighted by Crippen LogP contribution is 2.30. The molecule has 2 atom stereocenters. The van der Waals surface area contributed by atoms with Crippen molar-refractivity contribution in [1.82, 2.24) is 25.1 Å². The van der Waals surface area contributed by atoms with Crippen molar-refractivity contribution in [2.24, 2.45) is 7.05 Å². The number of ether oxygens (including phenoxy) is 1. The number of hydrogen-bond donors (Lipinski definition) is 2. The predicted octanol–water partition coefficient (Wildman–Crippen LogP) is 2.56. The number of nitrogens with one attached hydrogen (secondary N) is 2. The Labute approximate surface area is 151 Å². The van der Waals surface area contributed by atoms with Crippen LogP contribution in [0.15, 0.2) is 18.2 Å². The van der Waals surface area contributed by atoms with E-state index in [4.69, 9.17) is 4.74 Å². The second kappa shape index (κ2) is 6.25. The zero-order chi connectivity index (χ0) is 18.4. The molecule has 0 spiro atoms. The summed E-state index contributed by atoms with van der Waals surface area (Å²) in [7, 11) is 1.96. The molecule has 3 aromatic rings. The van der Waals surface area contributed by atoms with Gasteiger partial charge < -0.3 is 14.6 Å². The zero-order valence-corrected chi connectivity index (χ0v) is 15.5. The summed E-state index contributed by atoms with van der Waals surface area (Å²) in [4.78, 5) is 17.3. The van der Waals surface area contributed by atoms with Gasteiger partial charge in [0.05, 0.1) is 35.5 Å². The second-order valence-electron chi connectivity index (χ2n) is 7.02. The highest BCUT2D eigenvalue weighted by molar-refractivity contribution is 5.94. The van der Waals surface area contributed by atoms with E-state index >= 15 is 0 Å². The second-order valence-corrected chi connectivity index (χ2v) is 7.02. The van der Waals surface area contributed by atoms with Gasteiger partial charge in [-0.1, -0.05) is 6.07 Å². The van der Waals surface area contributed by atoms with Crippen molar-refractivity contribution in [2.45, 2.75) is 45.9 Å². The van der Waals surface area contributed by atoms with Gasteiger partial charge in [0.1, 0.15) is 5.82 Å². The minimum Gasteiger partial charge on any atom is -0.369 e. The summed E-state index contributed by atoms with van der Waals surface area (Å²) in [6.45, 7) is 6.37. The maximum atomic E-state index is 12.7. The highest BCUT2D eigenvalue weighted by Gasteiger charge is 2.29. The van der Waals surface area contributed by atoms with Crippen LogP contribution in [0.25, 0.3) is 11.0 Å². The molecule has 0 radical (unpaired) electrons. The van der Waals surface area contributed by atoms with Gasteiger partial charge in [0.25, 0.3) is 5.91 Å². The van der Waals surface area contributed by atoms with E-state index in [-0.39, 0.29) is 18.1 Å². The molecule has 1 aromatic carbocycles. The van der Waals surface area contributed by atoms with Crippen molar-refractivity contribution >= 4 is 16.9 Å². The Bertz CT molecular complexity index is 987. The summed E-state index contributed by atoms with van der Waals surface area (Å²) < 4.78 is 7.78. The Morgan fingerprint density at radius 1 is 1.42 bits per heavy atom. The van der Waals surface area contributed by atoms with Gasteiger partial charge in [0.15, 0.2) is 5.69 Å². The number of amides is 1. The first kappa shape index (κ1) is 16.8. The molecular formula is C19H23N5O2. The van der Waals surface area contributed by atoms with E-state index < -0.39 is 0 Å². The number of rotatable bonds is 3. The molecule has 0 saturated heterocycles. The average Bonchev–Trinajstić information content (AvgIpc) is 3.14. The van der Waals surface area contributed by atoms with Gasteiger partial charge in [0, 0.05) is 19.0 Å². The minimum absolute atomic E-state index is 0.0738. The summed E-state index contributed by atoms with van der Waals surface area (Å²) in [5.74, 6) is 0.625. The van der Waals surface area contributed by atoms with Gasteiger partial charge in [-0.15, -0.1) is 0 Å². The maximum Gasteiger partial charge on any atom is 0.272 e. The smallest absolute Gasteiger partial charge is 0.272 e. The number of nitrogens with zero attached hydrogens (tertiary/aromatic N) is 3. The van der Waals surface area contributed by atoms with Crippen molar-refractivity contribution in [3.8, 4) is 0 Å². The minimum atomic E-state index is -0.188. The fraction of sp³-hybridized carbons (Fsp3) is 0.421. The number of carbonyl (C=O) groups is 1. The molecule has 1 aliphatic heterocycles. The van der Waals surface area contributed by atoms with E-state index in [1.54, 1.807) is 0 Å². The van der Waals surface area contributed by atoms with Gasteiger partial charge >= 0.3 is 0 Å². The molecule has 1 amide bonds. The monoisotopic (exact) mass is 353 g/mol. The molecule has 0 bridgehead atoms. The predicted molar refractivity (Wildman–Crippen MR) is 97.9 cm³/mol. The summed E-state index contributed by atoms with van der Waals surface area (Å²) in [5, 5.41) is 10.1. The lowest BCUT2D eigenvalue weighted by Gasteiger charge is -2.25. The molecule has 0 unspecified atom stereocenters. The molecule has 3 heterocycles. The van der Waals surface area contributed by atoms with Gasteiger partial charge in [0.2, 0.25) is 0 Å². The van der Waals surface area contributed by atoms with Crippen LogP contribution in [0.3, 0.4) is 0 Å². The SMILES string of the molecule is Cc1ccc2c(c1)nc(CNC(=O)c1n[nH]c3c1C[C@@H](C)O[C@H]3C)n2C. The third-order valence-electron chi connectivity index (χ3n) is 4.98. The van der Waals surface area contributed by atoms with Crippen molar-refractivity contribution in [2.75, 3.05) is 0 Å². The largest absolute Gasteiger partial charge is 0.369 e. The zero-order valence-electron chi connectivity index (χ0n) is 15.5. The van der Waals surface area contributed by atoms with E-state index in [9.17, 15) is 4.79 Å². The number of carbonyl (C=O) groups excluding carboxylic acids is 1. The van der Waals surface area contributed by atoms with Crippen molar-refractivity contribution < 1.29 is 9.53 Å². The van der Waals surface area contributed by atoms with E-state index in [0.29, 0.717) is 18.7 Å². The number of benzene rings is 1. The van der Waals surface area contributed by atoms with Gasteiger partial charge in [-0.05, 0) is 38.5 Å². The number of aromatic amines is 1.